The van der Waals surface area contributed by atoms with Crippen molar-refractivity contribution in [3.05, 3.63) is 226 Å². The molecule has 270 valence electrons. The number of methoxy groups -OCH3 is 2. The summed E-state index contributed by atoms with van der Waals surface area (Å²) in [4.78, 5) is 0. The van der Waals surface area contributed by atoms with Gasteiger partial charge in [-0.05, 0) is 110 Å². The fraction of sp³-hybridized carbons (Fsp3) is 0.0943. The Morgan fingerprint density at radius 1 is 0.455 bits per heavy atom. The maximum atomic E-state index is 5.45. The zero-order valence-electron chi connectivity index (χ0n) is 31.7. The van der Waals surface area contributed by atoms with Crippen molar-refractivity contribution in [2.75, 3.05) is 14.2 Å². The fourth-order valence-corrected chi connectivity index (χ4v) is 7.16. The molecule has 0 saturated carbocycles. The van der Waals surface area contributed by atoms with Crippen LogP contribution >= 0.6 is 0 Å². The second-order valence-corrected chi connectivity index (χ2v) is 14.0. The first kappa shape index (κ1) is 36.7. The Morgan fingerprint density at radius 3 is 1.42 bits per heavy atom. The molecule has 6 aromatic rings. The van der Waals surface area contributed by atoms with E-state index in [1.165, 1.54) is 27.8 Å². The summed E-state index contributed by atoms with van der Waals surface area (Å²) in [5.74, 6) is 1.68. The summed E-state index contributed by atoms with van der Waals surface area (Å²) in [6.45, 7) is 2.36. The standard InChI is InChI=1S/C53H46O2/c1-53(33-11-6-12-34-53)52(48-19-9-5-10-20-48)51(46-17-7-4-8-18-46)47-31-29-40(30-32-47)23-26-43-35-44(27-24-41-15-13-21-49(38-41)54-2)37-45(36-43)28-25-42-16-14-22-50(39-42)55-3/h4-33,35-39H,34H2,1-3H3/b26-23+,27-24+,28-25+,52-51-. The van der Waals surface area contributed by atoms with E-state index in [1.807, 2.05) is 36.4 Å². The molecule has 1 aliphatic carbocycles. The molecule has 0 N–H and O–H groups in total. The van der Waals surface area contributed by atoms with E-state index in [0.717, 1.165) is 51.3 Å². The summed E-state index contributed by atoms with van der Waals surface area (Å²) >= 11 is 0. The lowest BCUT2D eigenvalue weighted by atomic mass is 9.70. The van der Waals surface area contributed by atoms with Crippen LogP contribution in [0.4, 0.5) is 0 Å². The maximum absolute atomic E-state index is 5.45. The van der Waals surface area contributed by atoms with Gasteiger partial charge in [0.2, 0.25) is 0 Å². The molecule has 0 aromatic heterocycles. The molecule has 0 aliphatic heterocycles. The van der Waals surface area contributed by atoms with Crippen molar-refractivity contribution in [2.45, 2.75) is 13.3 Å². The van der Waals surface area contributed by atoms with E-state index in [-0.39, 0.29) is 5.41 Å². The molecular weight excluding hydrogens is 669 g/mol. The number of hydrogen-bond donors (Lipinski definition) is 0. The van der Waals surface area contributed by atoms with Crippen molar-refractivity contribution in [2.24, 2.45) is 5.41 Å². The lowest BCUT2D eigenvalue weighted by Gasteiger charge is -2.33. The maximum Gasteiger partial charge on any atom is 0.119 e. The number of hydrogen-bond acceptors (Lipinski definition) is 2. The zero-order valence-corrected chi connectivity index (χ0v) is 31.7. The van der Waals surface area contributed by atoms with E-state index >= 15 is 0 Å². The minimum atomic E-state index is -0.162. The third-order valence-corrected chi connectivity index (χ3v) is 9.99. The lowest BCUT2D eigenvalue weighted by Crippen LogP contribution is -2.18. The highest BCUT2D eigenvalue weighted by molar-refractivity contribution is 6.01. The third kappa shape index (κ3) is 9.30. The molecule has 0 bridgehead atoms. The van der Waals surface area contributed by atoms with Crippen molar-refractivity contribution in [3.8, 4) is 11.5 Å². The molecule has 55 heavy (non-hydrogen) atoms. The summed E-state index contributed by atoms with van der Waals surface area (Å²) in [5.41, 5.74) is 12.7. The van der Waals surface area contributed by atoms with Crippen LogP contribution in [0.3, 0.4) is 0 Å². The van der Waals surface area contributed by atoms with Crippen molar-refractivity contribution >= 4 is 47.6 Å². The van der Waals surface area contributed by atoms with Crippen LogP contribution < -0.4 is 9.47 Å². The van der Waals surface area contributed by atoms with Crippen molar-refractivity contribution < 1.29 is 9.47 Å². The van der Waals surface area contributed by atoms with Gasteiger partial charge in [0, 0.05) is 5.41 Å². The molecule has 2 nitrogen and oxygen atoms in total. The van der Waals surface area contributed by atoms with Gasteiger partial charge < -0.3 is 9.47 Å². The predicted octanol–water partition coefficient (Wildman–Crippen LogP) is 13.7. The molecule has 2 heteroatoms. The van der Waals surface area contributed by atoms with Gasteiger partial charge in [-0.1, -0.05) is 177 Å². The topological polar surface area (TPSA) is 18.5 Å². The highest BCUT2D eigenvalue weighted by atomic mass is 16.5. The van der Waals surface area contributed by atoms with E-state index in [1.54, 1.807) is 14.2 Å². The Morgan fingerprint density at radius 2 is 0.927 bits per heavy atom. The van der Waals surface area contributed by atoms with E-state index in [4.69, 9.17) is 9.47 Å². The molecule has 1 aliphatic rings. The van der Waals surface area contributed by atoms with Crippen LogP contribution in [-0.2, 0) is 0 Å². The van der Waals surface area contributed by atoms with Crippen LogP contribution in [-0.4, -0.2) is 14.2 Å². The van der Waals surface area contributed by atoms with Crippen molar-refractivity contribution in [3.63, 3.8) is 0 Å². The molecule has 0 saturated heterocycles. The van der Waals surface area contributed by atoms with Crippen LogP contribution in [0.2, 0.25) is 0 Å². The van der Waals surface area contributed by atoms with Gasteiger partial charge in [0.05, 0.1) is 14.2 Å². The normalized spacial score (nSPS) is 15.8. The fourth-order valence-electron chi connectivity index (χ4n) is 7.16. The van der Waals surface area contributed by atoms with Gasteiger partial charge in [0.1, 0.15) is 11.5 Å². The first-order valence-electron chi connectivity index (χ1n) is 18.8. The Hall–Kier alpha value is -6.64. The van der Waals surface area contributed by atoms with Gasteiger partial charge >= 0.3 is 0 Å². The molecule has 0 heterocycles. The molecule has 0 radical (unpaired) electrons. The molecular formula is C53H46O2. The molecule has 0 amide bonds. The van der Waals surface area contributed by atoms with Crippen LogP contribution in [0.15, 0.2) is 176 Å². The van der Waals surface area contributed by atoms with Gasteiger partial charge in [-0.3, -0.25) is 0 Å². The summed E-state index contributed by atoms with van der Waals surface area (Å²) in [7, 11) is 3.39. The SMILES string of the molecule is COc1cccc(/C=C/c2cc(/C=C/c3ccc(/C(=C(/c4ccccc4)C4(C)C=CC=CC4)c4ccccc4)cc3)cc(/C=C/c3cccc(OC)c3)c2)c1. The summed E-state index contributed by atoms with van der Waals surface area (Å²) in [6, 6.07) is 53.5. The minimum Gasteiger partial charge on any atom is -0.497 e. The van der Waals surface area contributed by atoms with E-state index < -0.39 is 0 Å². The zero-order chi connectivity index (χ0) is 37.9. The smallest absolute Gasteiger partial charge is 0.119 e. The van der Waals surface area contributed by atoms with Gasteiger partial charge in [0.15, 0.2) is 0 Å². The lowest BCUT2D eigenvalue weighted by molar-refractivity contribution is 0.414. The second kappa shape index (κ2) is 17.5. The first-order chi connectivity index (χ1) is 27.0. The Bertz CT molecular complexity index is 2330. The summed E-state index contributed by atoms with van der Waals surface area (Å²) < 4.78 is 10.9. The highest BCUT2D eigenvalue weighted by Crippen LogP contribution is 2.47. The number of benzene rings is 6. The predicted molar refractivity (Wildman–Crippen MR) is 235 cm³/mol. The van der Waals surface area contributed by atoms with E-state index in [9.17, 15) is 0 Å². The van der Waals surface area contributed by atoms with Crippen LogP contribution in [0, 0.1) is 5.41 Å². The number of ether oxygens (including phenoxy) is 2. The average molecular weight is 715 g/mol. The molecule has 0 fully saturated rings. The van der Waals surface area contributed by atoms with Gasteiger partial charge in [-0.2, -0.15) is 0 Å². The second-order valence-electron chi connectivity index (χ2n) is 14.0. The third-order valence-electron chi connectivity index (χ3n) is 9.99. The van der Waals surface area contributed by atoms with Crippen molar-refractivity contribution in [1.29, 1.82) is 0 Å². The van der Waals surface area contributed by atoms with Crippen LogP contribution in [0.5, 0.6) is 11.5 Å². The number of allylic oxidation sites excluding steroid dienone is 5. The molecule has 1 unspecified atom stereocenters. The molecule has 1 atom stereocenters. The largest absolute Gasteiger partial charge is 0.497 e. The van der Waals surface area contributed by atoms with Crippen LogP contribution in [0.1, 0.15) is 63.4 Å². The van der Waals surface area contributed by atoms with E-state index in [2.05, 4.69) is 183 Å². The Labute approximate surface area is 326 Å². The Kier molecular flexibility index (Phi) is 11.7. The van der Waals surface area contributed by atoms with Gasteiger partial charge in [-0.25, -0.2) is 0 Å². The Balaban J connectivity index is 1.24. The number of rotatable bonds is 12. The average Bonchev–Trinajstić information content (AvgIpc) is 3.24. The summed E-state index contributed by atoms with van der Waals surface area (Å²) in [5, 5.41) is 0. The van der Waals surface area contributed by atoms with Crippen LogP contribution in [0.25, 0.3) is 47.6 Å². The first-order valence-corrected chi connectivity index (χ1v) is 18.8. The summed E-state index contributed by atoms with van der Waals surface area (Å²) in [6.07, 6.45) is 22.9. The quantitative estimate of drug-likeness (QED) is 0.118. The van der Waals surface area contributed by atoms with E-state index in [0.29, 0.717) is 0 Å². The minimum absolute atomic E-state index is 0.162. The van der Waals surface area contributed by atoms with Crippen molar-refractivity contribution in [1.82, 2.24) is 0 Å². The van der Waals surface area contributed by atoms with Gasteiger partial charge in [-0.15, -0.1) is 0 Å². The molecule has 0 spiro atoms. The highest BCUT2D eigenvalue weighted by Gasteiger charge is 2.31. The molecule has 7 rings (SSSR count). The van der Waals surface area contributed by atoms with Gasteiger partial charge in [0.25, 0.3) is 0 Å². The monoisotopic (exact) mass is 714 g/mol. The molecule has 6 aromatic carbocycles.